The molecule has 1 atom stereocenters. The van der Waals surface area contributed by atoms with E-state index in [1.165, 1.54) is 11.0 Å². The van der Waals surface area contributed by atoms with Gasteiger partial charge in [-0.15, -0.1) is 0 Å². The van der Waals surface area contributed by atoms with Gasteiger partial charge in [-0.25, -0.2) is 8.78 Å². The summed E-state index contributed by atoms with van der Waals surface area (Å²) in [6, 6.07) is 3.08. The van der Waals surface area contributed by atoms with Crippen molar-refractivity contribution in [2.75, 3.05) is 26.2 Å². The van der Waals surface area contributed by atoms with Gasteiger partial charge in [0.1, 0.15) is 11.6 Å². The van der Waals surface area contributed by atoms with Crippen molar-refractivity contribution < 1.29 is 18.4 Å². The average Bonchev–Trinajstić information content (AvgIpc) is 2.67. The number of rotatable bonds is 3. The van der Waals surface area contributed by atoms with Gasteiger partial charge in [-0.3, -0.25) is 9.59 Å². The Balaban J connectivity index is 1.60. The highest BCUT2D eigenvalue weighted by Gasteiger charge is 2.34. The van der Waals surface area contributed by atoms with Crippen LogP contribution in [-0.2, 0) is 4.79 Å². The minimum atomic E-state index is -0.854. The number of nitrogens with two attached hydrogens (primary N) is 1. The maximum absolute atomic E-state index is 13.8. The molecule has 1 unspecified atom stereocenters. The van der Waals surface area contributed by atoms with Crippen LogP contribution in [0.25, 0.3) is 0 Å². The van der Waals surface area contributed by atoms with E-state index in [1.54, 1.807) is 0 Å². The van der Waals surface area contributed by atoms with E-state index in [0.717, 1.165) is 31.9 Å². The largest absolute Gasteiger partial charge is 0.339 e. The van der Waals surface area contributed by atoms with Gasteiger partial charge >= 0.3 is 0 Å². The van der Waals surface area contributed by atoms with Crippen molar-refractivity contribution in [2.24, 2.45) is 11.7 Å². The molecule has 2 fully saturated rings. The molecule has 0 spiro atoms. The second kappa shape index (κ2) is 8.12. The lowest BCUT2D eigenvalue weighted by molar-refractivity contribution is -0.140. The zero-order chi connectivity index (χ0) is 18.7. The topological polar surface area (TPSA) is 66.6 Å². The standard InChI is InChI=1S/C19H25F2N3O2/c20-14-4-5-16(17(21)11-14)19(26)23-9-6-13(7-10-23)18(25)24-8-2-1-3-15(24)12-22/h4-5,11,13,15H,1-3,6-10,12,22H2. The predicted molar refractivity (Wildman–Crippen MR) is 93.4 cm³/mol. The summed E-state index contributed by atoms with van der Waals surface area (Å²) in [7, 11) is 0. The maximum atomic E-state index is 13.8. The van der Waals surface area contributed by atoms with Gasteiger partial charge in [-0.05, 0) is 44.2 Å². The molecule has 26 heavy (non-hydrogen) atoms. The van der Waals surface area contributed by atoms with E-state index in [2.05, 4.69) is 0 Å². The van der Waals surface area contributed by atoms with Crippen LogP contribution in [0.4, 0.5) is 8.78 Å². The molecule has 0 aliphatic carbocycles. The smallest absolute Gasteiger partial charge is 0.256 e. The Hall–Kier alpha value is -2.02. The molecule has 0 saturated carbocycles. The van der Waals surface area contributed by atoms with Crippen molar-refractivity contribution in [1.82, 2.24) is 9.80 Å². The number of nitrogens with zero attached hydrogens (tertiary/aromatic N) is 2. The third-order valence-electron chi connectivity index (χ3n) is 5.48. The van der Waals surface area contributed by atoms with Crippen LogP contribution in [0, 0.1) is 17.6 Å². The van der Waals surface area contributed by atoms with E-state index in [4.69, 9.17) is 5.73 Å². The zero-order valence-electron chi connectivity index (χ0n) is 14.8. The third-order valence-corrected chi connectivity index (χ3v) is 5.48. The van der Waals surface area contributed by atoms with Crippen molar-refractivity contribution >= 4 is 11.8 Å². The highest BCUT2D eigenvalue weighted by atomic mass is 19.1. The molecule has 2 amide bonds. The quantitative estimate of drug-likeness (QED) is 0.893. The summed E-state index contributed by atoms with van der Waals surface area (Å²) in [6.45, 7) is 2.02. The van der Waals surface area contributed by atoms with E-state index >= 15 is 0 Å². The van der Waals surface area contributed by atoms with E-state index in [-0.39, 0.29) is 23.4 Å². The predicted octanol–water partition coefficient (Wildman–Crippen LogP) is 2.16. The Morgan fingerprint density at radius 1 is 1.08 bits per heavy atom. The molecule has 5 nitrogen and oxygen atoms in total. The maximum Gasteiger partial charge on any atom is 0.256 e. The number of hydrogen-bond donors (Lipinski definition) is 1. The number of piperidine rings is 2. The van der Waals surface area contributed by atoms with Gasteiger partial charge in [0.2, 0.25) is 5.91 Å². The summed E-state index contributed by atoms with van der Waals surface area (Å²) in [5.74, 6) is -2.01. The van der Waals surface area contributed by atoms with Crippen molar-refractivity contribution in [3.63, 3.8) is 0 Å². The molecular weight excluding hydrogens is 340 g/mol. The lowest BCUT2D eigenvalue weighted by atomic mass is 9.92. The van der Waals surface area contributed by atoms with Crippen molar-refractivity contribution in [3.05, 3.63) is 35.4 Å². The van der Waals surface area contributed by atoms with Crippen LogP contribution < -0.4 is 5.73 Å². The summed E-state index contributed by atoms with van der Waals surface area (Å²) >= 11 is 0. The van der Waals surface area contributed by atoms with Crippen LogP contribution >= 0.6 is 0 Å². The van der Waals surface area contributed by atoms with Crippen LogP contribution in [0.15, 0.2) is 18.2 Å². The highest BCUT2D eigenvalue weighted by Crippen LogP contribution is 2.25. The molecule has 1 aromatic rings. The molecule has 142 valence electrons. The third kappa shape index (κ3) is 3.87. The number of amides is 2. The molecule has 2 saturated heterocycles. The Kier molecular flexibility index (Phi) is 5.86. The molecule has 2 heterocycles. The molecule has 2 N–H and O–H groups in total. The fraction of sp³-hybridized carbons (Fsp3) is 0.579. The van der Waals surface area contributed by atoms with Crippen molar-refractivity contribution in [3.8, 4) is 0 Å². The Bertz CT molecular complexity index is 675. The second-order valence-electron chi connectivity index (χ2n) is 7.11. The first-order valence-electron chi connectivity index (χ1n) is 9.26. The van der Waals surface area contributed by atoms with Crippen LogP contribution in [0.3, 0.4) is 0 Å². The Labute approximate surface area is 152 Å². The van der Waals surface area contributed by atoms with E-state index in [1.807, 2.05) is 4.90 Å². The van der Waals surface area contributed by atoms with E-state index in [9.17, 15) is 18.4 Å². The summed E-state index contributed by atoms with van der Waals surface area (Å²) in [5.41, 5.74) is 5.67. The lowest BCUT2D eigenvalue weighted by Crippen LogP contribution is -2.51. The number of hydrogen-bond acceptors (Lipinski definition) is 3. The molecule has 2 aliphatic heterocycles. The van der Waals surface area contributed by atoms with Gasteiger partial charge in [-0.1, -0.05) is 0 Å². The minimum absolute atomic E-state index is 0.115. The number of halogens is 2. The summed E-state index contributed by atoms with van der Waals surface area (Å²) in [4.78, 5) is 28.7. The molecular formula is C19H25F2N3O2. The van der Waals surface area contributed by atoms with Crippen LogP contribution in [0.2, 0.25) is 0 Å². The van der Waals surface area contributed by atoms with Gasteiger partial charge in [-0.2, -0.15) is 0 Å². The first-order valence-corrected chi connectivity index (χ1v) is 9.26. The summed E-state index contributed by atoms with van der Waals surface area (Å²) < 4.78 is 26.8. The first kappa shape index (κ1) is 18.8. The number of carbonyl (C=O) groups excluding carboxylic acids is 2. The fourth-order valence-corrected chi connectivity index (χ4v) is 3.93. The summed E-state index contributed by atoms with van der Waals surface area (Å²) in [6.07, 6.45) is 4.16. The van der Waals surface area contributed by atoms with Gasteiger partial charge in [0.25, 0.3) is 5.91 Å². The van der Waals surface area contributed by atoms with E-state index < -0.39 is 17.5 Å². The monoisotopic (exact) mass is 365 g/mol. The van der Waals surface area contributed by atoms with Crippen molar-refractivity contribution in [2.45, 2.75) is 38.1 Å². The lowest BCUT2D eigenvalue weighted by Gasteiger charge is -2.39. The molecule has 1 aromatic carbocycles. The van der Waals surface area contributed by atoms with Gasteiger partial charge in [0, 0.05) is 44.2 Å². The number of carbonyl (C=O) groups is 2. The van der Waals surface area contributed by atoms with Gasteiger partial charge in [0.05, 0.1) is 5.56 Å². The molecule has 2 aliphatic rings. The Morgan fingerprint density at radius 3 is 2.46 bits per heavy atom. The Morgan fingerprint density at radius 2 is 1.81 bits per heavy atom. The molecule has 0 bridgehead atoms. The van der Waals surface area contributed by atoms with Crippen LogP contribution in [0.1, 0.15) is 42.5 Å². The second-order valence-corrected chi connectivity index (χ2v) is 7.11. The van der Waals surface area contributed by atoms with Crippen LogP contribution in [0.5, 0.6) is 0 Å². The summed E-state index contributed by atoms with van der Waals surface area (Å²) in [5, 5.41) is 0. The van der Waals surface area contributed by atoms with Crippen LogP contribution in [-0.4, -0.2) is 53.8 Å². The normalized spacial score (nSPS) is 21.7. The number of likely N-dealkylation sites (tertiary alicyclic amines) is 2. The molecule has 3 rings (SSSR count). The molecule has 0 aromatic heterocycles. The number of benzene rings is 1. The zero-order valence-corrected chi connectivity index (χ0v) is 14.8. The van der Waals surface area contributed by atoms with Gasteiger partial charge < -0.3 is 15.5 Å². The first-order chi connectivity index (χ1) is 12.5. The average molecular weight is 365 g/mol. The molecule has 7 heteroatoms. The fourth-order valence-electron chi connectivity index (χ4n) is 3.93. The van der Waals surface area contributed by atoms with E-state index in [0.29, 0.717) is 38.5 Å². The highest BCUT2D eigenvalue weighted by molar-refractivity contribution is 5.94. The SMILES string of the molecule is NCC1CCCCN1C(=O)C1CCN(C(=O)c2ccc(F)cc2F)CC1. The minimum Gasteiger partial charge on any atom is -0.339 e. The van der Waals surface area contributed by atoms with Crippen molar-refractivity contribution in [1.29, 1.82) is 0 Å². The van der Waals surface area contributed by atoms with Gasteiger partial charge in [0.15, 0.2) is 0 Å². The molecule has 0 radical (unpaired) electrons.